The number of benzene rings is 1. The van der Waals surface area contributed by atoms with Gasteiger partial charge in [-0.1, -0.05) is 42.4 Å². The molecule has 0 saturated carbocycles. The molecule has 150 valence electrons. The fourth-order valence-corrected chi connectivity index (χ4v) is 5.38. The third-order valence-corrected chi connectivity index (χ3v) is 6.95. The van der Waals surface area contributed by atoms with Gasteiger partial charge in [0.1, 0.15) is 0 Å². The summed E-state index contributed by atoms with van der Waals surface area (Å²) in [4.78, 5) is 12.5. The molecular formula is C22H31N5O. The van der Waals surface area contributed by atoms with Gasteiger partial charge < -0.3 is 9.42 Å². The summed E-state index contributed by atoms with van der Waals surface area (Å²) in [5, 5.41) is 4.43. The van der Waals surface area contributed by atoms with Crippen molar-refractivity contribution in [2.24, 2.45) is 0 Å². The Morgan fingerprint density at radius 3 is 2.61 bits per heavy atom. The minimum atomic E-state index is 0.391. The van der Waals surface area contributed by atoms with Gasteiger partial charge in [0.25, 0.3) is 0 Å². The number of hydrogen-bond donors (Lipinski definition) is 0. The highest BCUT2D eigenvalue weighted by atomic mass is 16.5. The minimum absolute atomic E-state index is 0.391. The molecule has 3 fully saturated rings. The van der Waals surface area contributed by atoms with Crippen LogP contribution in [0.2, 0.25) is 0 Å². The van der Waals surface area contributed by atoms with Crippen molar-refractivity contribution in [3.63, 3.8) is 0 Å². The van der Waals surface area contributed by atoms with E-state index < -0.39 is 0 Å². The predicted molar refractivity (Wildman–Crippen MR) is 108 cm³/mol. The van der Waals surface area contributed by atoms with Crippen LogP contribution in [0.5, 0.6) is 0 Å². The summed E-state index contributed by atoms with van der Waals surface area (Å²) in [7, 11) is 0. The van der Waals surface area contributed by atoms with E-state index in [1.54, 1.807) is 0 Å². The molecule has 5 rings (SSSR count). The van der Waals surface area contributed by atoms with E-state index in [0.29, 0.717) is 18.0 Å². The molecule has 0 amide bonds. The van der Waals surface area contributed by atoms with Crippen LogP contribution in [0.4, 0.5) is 0 Å². The smallest absolute Gasteiger partial charge is 0.240 e. The van der Waals surface area contributed by atoms with Crippen LogP contribution in [0.3, 0.4) is 0 Å². The topological polar surface area (TPSA) is 48.6 Å². The Labute approximate surface area is 167 Å². The SMILES string of the molecule is CCN1CCN(Cc2nc([C@H]3C[C@@H](c4ccccc4)N4CCC[C@H]34)no2)CC1. The molecule has 6 nitrogen and oxygen atoms in total. The molecule has 0 radical (unpaired) electrons. The highest BCUT2D eigenvalue weighted by Crippen LogP contribution is 2.48. The number of rotatable bonds is 5. The zero-order valence-electron chi connectivity index (χ0n) is 16.8. The fraction of sp³-hybridized carbons (Fsp3) is 0.636. The standard InChI is InChI=1S/C22H31N5O/c1-2-25-11-13-26(14-12-25)16-21-23-22(24-28-21)18-15-20(17-7-4-3-5-8-17)27-10-6-9-19(18)27/h3-5,7-8,18-20H,2,6,9-16H2,1H3/t18-,19+,20-/m0/s1. The van der Waals surface area contributed by atoms with Gasteiger partial charge in [-0.25, -0.2) is 0 Å². The molecule has 1 aromatic carbocycles. The molecule has 1 aromatic heterocycles. The summed E-state index contributed by atoms with van der Waals surface area (Å²) >= 11 is 0. The number of likely N-dealkylation sites (N-methyl/N-ethyl adjacent to an activating group) is 1. The lowest BCUT2D eigenvalue weighted by Gasteiger charge is -2.33. The van der Waals surface area contributed by atoms with E-state index in [4.69, 9.17) is 9.51 Å². The molecule has 0 spiro atoms. The van der Waals surface area contributed by atoms with Gasteiger partial charge in [-0.05, 0) is 37.9 Å². The van der Waals surface area contributed by atoms with E-state index in [1.807, 2.05) is 0 Å². The van der Waals surface area contributed by atoms with Crippen molar-refractivity contribution in [1.82, 2.24) is 24.8 Å². The average molecular weight is 382 g/mol. The number of nitrogens with zero attached hydrogens (tertiary/aromatic N) is 5. The van der Waals surface area contributed by atoms with Crippen LogP contribution in [-0.2, 0) is 6.54 Å². The summed E-state index contributed by atoms with van der Waals surface area (Å²) in [5.41, 5.74) is 1.43. The van der Waals surface area contributed by atoms with Gasteiger partial charge in [0.05, 0.1) is 6.54 Å². The van der Waals surface area contributed by atoms with Crippen molar-refractivity contribution < 1.29 is 4.52 Å². The van der Waals surface area contributed by atoms with Crippen LogP contribution in [-0.4, -0.2) is 70.2 Å². The van der Waals surface area contributed by atoms with Gasteiger partial charge >= 0.3 is 0 Å². The number of piperazine rings is 1. The van der Waals surface area contributed by atoms with E-state index in [-0.39, 0.29) is 0 Å². The van der Waals surface area contributed by atoms with E-state index in [1.165, 1.54) is 24.9 Å². The monoisotopic (exact) mass is 381 g/mol. The second-order valence-electron chi connectivity index (χ2n) is 8.47. The molecule has 4 heterocycles. The van der Waals surface area contributed by atoms with Gasteiger partial charge in [0, 0.05) is 44.2 Å². The zero-order valence-corrected chi connectivity index (χ0v) is 16.8. The van der Waals surface area contributed by atoms with Crippen LogP contribution in [0.25, 0.3) is 0 Å². The van der Waals surface area contributed by atoms with Gasteiger partial charge in [-0.2, -0.15) is 4.98 Å². The second-order valence-corrected chi connectivity index (χ2v) is 8.47. The molecule has 3 aliphatic rings. The third-order valence-electron chi connectivity index (χ3n) is 6.95. The number of aromatic nitrogens is 2. The Morgan fingerprint density at radius 2 is 1.82 bits per heavy atom. The van der Waals surface area contributed by atoms with Crippen molar-refractivity contribution in [2.75, 3.05) is 39.3 Å². The average Bonchev–Trinajstić information content (AvgIpc) is 3.46. The molecule has 3 atom stereocenters. The number of fused-ring (bicyclic) bond motifs is 1. The summed E-state index contributed by atoms with van der Waals surface area (Å²) in [5.74, 6) is 2.10. The van der Waals surface area contributed by atoms with E-state index in [2.05, 4.69) is 57.1 Å². The molecule has 0 unspecified atom stereocenters. The van der Waals surface area contributed by atoms with Crippen molar-refractivity contribution in [3.05, 3.63) is 47.6 Å². The normalized spacial score (nSPS) is 29.4. The highest BCUT2D eigenvalue weighted by Gasteiger charge is 2.46. The third kappa shape index (κ3) is 3.49. The molecule has 28 heavy (non-hydrogen) atoms. The van der Waals surface area contributed by atoms with E-state index in [9.17, 15) is 0 Å². The summed E-state index contributed by atoms with van der Waals surface area (Å²) < 4.78 is 5.69. The quantitative estimate of drug-likeness (QED) is 0.794. The Kier molecular flexibility index (Phi) is 5.18. The molecule has 2 aromatic rings. The van der Waals surface area contributed by atoms with Crippen molar-refractivity contribution in [3.8, 4) is 0 Å². The Balaban J connectivity index is 1.28. The Bertz CT molecular complexity index is 770. The van der Waals surface area contributed by atoms with Crippen LogP contribution in [0, 0.1) is 0 Å². The van der Waals surface area contributed by atoms with Gasteiger partial charge in [-0.15, -0.1) is 0 Å². The predicted octanol–water partition coefficient (Wildman–Crippen LogP) is 2.90. The second kappa shape index (κ2) is 7.93. The largest absolute Gasteiger partial charge is 0.338 e. The van der Waals surface area contributed by atoms with Crippen molar-refractivity contribution >= 4 is 0 Å². The molecule has 0 bridgehead atoms. The first kappa shape index (κ1) is 18.3. The van der Waals surface area contributed by atoms with E-state index in [0.717, 1.165) is 57.4 Å². The van der Waals surface area contributed by atoms with Crippen LogP contribution in [0.15, 0.2) is 34.9 Å². The van der Waals surface area contributed by atoms with Gasteiger partial charge in [0.2, 0.25) is 5.89 Å². The van der Waals surface area contributed by atoms with Gasteiger partial charge in [0.15, 0.2) is 5.82 Å². The molecule has 3 saturated heterocycles. The summed E-state index contributed by atoms with van der Waals surface area (Å²) in [6.45, 7) is 9.78. The first-order valence-corrected chi connectivity index (χ1v) is 10.9. The van der Waals surface area contributed by atoms with Crippen LogP contribution < -0.4 is 0 Å². The molecule has 0 aliphatic carbocycles. The van der Waals surface area contributed by atoms with E-state index >= 15 is 0 Å². The molecular weight excluding hydrogens is 350 g/mol. The highest BCUT2D eigenvalue weighted by molar-refractivity contribution is 5.24. The van der Waals surface area contributed by atoms with Crippen LogP contribution >= 0.6 is 0 Å². The Morgan fingerprint density at radius 1 is 1.04 bits per heavy atom. The maximum absolute atomic E-state index is 5.69. The summed E-state index contributed by atoms with van der Waals surface area (Å²) in [6, 6.07) is 12.0. The first-order valence-electron chi connectivity index (χ1n) is 10.9. The van der Waals surface area contributed by atoms with Crippen molar-refractivity contribution in [2.45, 2.75) is 50.7 Å². The van der Waals surface area contributed by atoms with Crippen molar-refractivity contribution in [1.29, 1.82) is 0 Å². The van der Waals surface area contributed by atoms with Crippen LogP contribution in [0.1, 0.15) is 55.4 Å². The molecule has 3 aliphatic heterocycles. The van der Waals surface area contributed by atoms with Gasteiger partial charge in [-0.3, -0.25) is 9.80 Å². The number of hydrogen-bond acceptors (Lipinski definition) is 6. The Hall–Kier alpha value is -1.76. The zero-order chi connectivity index (χ0) is 18.9. The fourth-order valence-electron chi connectivity index (χ4n) is 5.38. The minimum Gasteiger partial charge on any atom is -0.338 e. The lowest BCUT2D eigenvalue weighted by Crippen LogP contribution is -2.45. The summed E-state index contributed by atoms with van der Waals surface area (Å²) in [6.07, 6.45) is 3.62. The lowest BCUT2D eigenvalue weighted by molar-refractivity contribution is 0.121. The first-order chi connectivity index (χ1) is 13.8. The maximum Gasteiger partial charge on any atom is 0.240 e. The lowest BCUT2D eigenvalue weighted by atomic mass is 9.94. The molecule has 0 N–H and O–H groups in total. The maximum atomic E-state index is 5.69. The molecule has 6 heteroatoms.